The van der Waals surface area contributed by atoms with Gasteiger partial charge in [-0.25, -0.2) is 0 Å². The molecule has 2 aromatic carbocycles. The van der Waals surface area contributed by atoms with Gasteiger partial charge in [-0.15, -0.1) is 0 Å². The van der Waals surface area contributed by atoms with Crippen LogP contribution < -0.4 is 20.9 Å². The molecule has 2 aromatic rings. The van der Waals surface area contributed by atoms with E-state index in [0.29, 0.717) is 11.4 Å². The van der Waals surface area contributed by atoms with Crippen molar-refractivity contribution in [2.24, 2.45) is 0 Å². The number of rotatable bonds is 6. The second-order valence-electron chi connectivity index (χ2n) is 7.31. The molecule has 28 heavy (non-hydrogen) atoms. The minimum absolute atomic E-state index is 0.117. The summed E-state index contributed by atoms with van der Waals surface area (Å²) < 4.78 is 0. The van der Waals surface area contributed by atoms with E-state index in [1.807, 2.05) is 13.0 Å². The van der Waals surface area contributed by atoms with Gasteiger partial charge in [0.2, 0.25) is 11.8 Å². The van der Waals surface area contributed by atoms with E-state index in [-0.39, 0.29) is 17.9 Å². The van der Waals surface area contributed by atoms with Gasteiger partial charge in [0.15, 0.2) is 0 Å². The van der Waals surface area contributed by atoms with Crippen LogP contribution in [0.4, 0.5) is 22.7 Å². The van der Waals surface area contributed by atoms with Gasteiger partial charge in [0.25, 0.3) is 0 Å². The van der Waals surface area contributed by atoms with Crippen molar-refractivity contribution in [1.29, 1.82) is 0 Å². The van der Waals surface area contributed by atoms with E-state index in [9.17, 15) is 9.59 Å². The largest absolute Gasteiger partial charge is 0.374 e. The zero-order chi connectivity index (χ0) is 20.1. The van der Waals surface area contributed by atoms with Crippen LogP contribution in [-0.2, 0) is 9.59 Å². The lowest BCUT2D eigenvalue weighted by Crippen LogP contribution is -2.31. The Kier molecular flexibility index (Phi) is 6.19. The minimum Gasteiger partial charge on any atom is -0.374 e. The van der Waals surface area contributed by atoms with Crippen LogP contribution in [0.1, 0.15) is 32.3 Å². The number of nitrogens with one attached hydrogen (secondary N) is 3. The first kappa shape index (κ1) is 19.7. The summed E-state index contributed by atoms with van der Waals surface area (Å²) in [5.74, 6) is -0.241. The van der Waals surface area contributed by atoms with Gasteiger partial charge in [-0.1, -0.05) is 0 Å². The number of hydrogen-bond acceptors (Lipinski definition) is 4. The SMILES string of the molecule is CC(=O)Nc1ccc(NC(=O)[C@@H](C)Nc2ccc(N3CCCC3)c(C)c2)cc1. The van der Waals surface area contributed by atoms with Crippen molar-refractivity contribution in [3.8, 4) is 0 Å². The molecule has 0 unspecified atom stereocenters. The Morgan fingerprint density at radius 1 is 0.929 bits per heavy atom. The van der Waals surface area contributed by atoms with Crippen molar-refractivity contribution in [3.05, 3.63) is 48.0 Å². The summed E-state index contributed by atoms with van der Waals surface area (Å²) in [7, 11) is 0. The number of aryl methyl sites for hydroxylation is 1. The first-order valence-corrected chi connectivity index (χ1v) is 9.73. The molecule has 6 heteroatoms. The molecule has 148 valence electrons. The fourth-order valence-electron chi connectivity index (χ4n) is 3.46. The van der Waals surface area contributed by atoms with Crippen molar-refractivity contribution in [3.63, 3.8) is 0 Å². The van der Waals surface area contributed by atoms with Gasteiger partial charge in [-0.05, 0) is 74.7 Å². The topological polar surface area (TPSA) is 73.5 Å². The fourth-order valence-corrected chi connectivity index (χ4v) is 3.46. The number of nitrogens with zero attached hydrogens (tertiary/aromatic N) is 1. The molecule has 1 aliphatic heterocycles. The molecule has 0 spiro atoms. The van der Waals surface area contributed by atoms with Crippen molar-refractivity contribution in [2.75, 3.05) is 33.9 Å². The van der Waals surface area contributed by atoms with Gasteiger partial charge in [0.1, 0.15) is 6.04 Å². The third-order valence-electron chi connectivity index (χ3n) is 4.89. The number of carbonyl (C=O) groups is 2. The number of hydrogen-bond donors (Lipinski definition) is 3. The lowest BCUT2D eigenvalue weighted by molar-refractivity contribution is -0.116. The molecule has 3 N–H and O–H groups in total. The van der Waals surface area contributed by atoms with Crippen molar-refractivity contribution < 1.29 is 9.59 Å². The first-order chi connectivity index (χ1) is 13.4. The predicted octanol–water partition coefficient (Wildman–Crippen LogP) is 3.99. The Morgan fingerprint density at radius 3 is 2.07 bits per heavy atom. The highest BCUT2D eigenvalue weighted by Gasteiger charge is 2.16. The number of anilines is 4. The van der Waals surface area contributed by atoms with E-state index in [4.69, 9.17) is 0 Å². The van der Waals surface area contributed by atoms with Gasteiger partial charge in [0, 0.05) is 42.8 Å². The van der Waals surface area contributed by atoms with E-state index in [1.54, 1.807) is 24.3 Å². The smallest absolute Gasteiger partial charge is 0.246 e. The van der Waals surface area contributed by atoms with E-state index >= 15 is 0 Å². The molecule has 0 bridgehead atoms. The van der Waals surface area contributed by atoms with Crippen molar-refractivity contribution in [2.45, 2.75) is 39.7 Å². The highest BCUT2D eigenvalue weighted by Crippen LogP contribution is 2.27. The molecular weight excluding hydrogens is 352 g/mol. The van der Waals surface area contributed by atoms with Gasteiger partial charge in [-0.3, -0.25) is 9.59 Å². The van der Waals surface area contributed by atoms with Crippen LogP contribution in [0.2, 0.25) is 0 Å². The second kappa shape index (κ2) is 8.78. The molecule has 3 rings (SSSR count). The first-order valence-electron chi connectivity index (χ1n) is 9.73. The van der Waals surface area contributed by atoms with Crippen LogP contribution >= 0.6 is 0 Å². The number of amides is 2. The van der Waals surface area contributed by atoms with Crippen molar-refractivity contribution in [1.82, 2.24) is 0 Å². The second-order valence-corrected chi connectivity index (χ2v) is 7.31. The average Bonchev–Trinajstić information content (AvgIpc) is 3.17. The highest BCUT2D eigenvalue weighted by atomic mass is 16.2. The Bertz CT molecular complexity index is 842. The third kappa shape index (κ3) is 5.03. The van der Waals surface area contributed by atoms with Gasteiger partial charge >= 0.3 is 0 Å². The lowest BCUT2D eigenvalue weighted by Gasteiger charge is -2.22. The molecule has 1 fully saturated rings. The molecule has 0 radical (unpaired) electrons. The monoisotopic (exact) mass is 380 g/mol. The zero-order valence-electron chi connectivity index (χ0n) is 16.7. The zero-order valence-corrected chi connectivity index (χ0v) is 16.7. The van der Waals surface area contributed by atoms with E-state index in [1.165, 1.54) is 31.0 Å². The highest BCUT2D eigenvalue weighted by molar-refractivity contribution is 5.96. The summed E-state index contributed by atoms with van der Waals surface area (Å²) in [4.78, 5) is 26.0. The molecule has 6 nitrogen and oxygen atoms in total. The summed E-state index contributed by atoms with van der Waals surface area (Å²) in [5.41, 5.74) is 4.81. The summed E-state index contributed by atoms with van der Waals surface area (Å²) in [6.45, 7) is 7.65. The molecular formula is C22H28N4O2. The summed E-state index contributed by atoms with van der Waals surface area (Å²) in [5, 5.41) is 8.86. The predicted molar refractivity (Wildman–Crippen MR) is 115 cm³/mol. The van der Waals surface area contributed by atoms with E-state index in [0.717, 1.165) is 18.8 Å². The molecule has 1 saturated heterocycles. The maximum absolute atomic E-state index is 12.5. The summed E-state index contributed by atoms with van der Waals surface area (Å²) in [6, 6.07) is 12.9. The normalized spacial score (nSPS) is 14.5. The van der Waals surface area contributed by atoms with E-state index in [2.05, 4.69) is 39.9 Å². The maximum atomic E-state index is 12.5. The molecule has 1 aliphatic rings. The lowest BCUT2D eigenvalue weighted by atomic mass is 10.1. The fraction of sp³-hybridized carbons (Fsp3) is 0.364. The summed E-state index contributed by atoms with van der Waals surface area (Å²) >= 11 is 0. The van der Waals surface area contributed by atoms with Gasteiger partial charge in [-0.2, -0.15) is 0 Å². The van der Waals surface area contributed by atoms with Gasteiger partial charge < -0.3 is 20.9 Å². The molecule has 0 aromatic heterocycles. The summed E-state index contributed by atoms with van der Waals surface area (Å²) in [6.07, 6.45) is 2.50. The Labute approximate surface area is 166 Å². The number of benzene rings is 2. The molecule has 1 heterocycles. The van der Waals surface area contributed by atoms with Crippen LogP contribution in [0.5, 0.6) is 0 Å². The van der Waals surface area contributed by atoms with Crippen LogP contribution in [0, 0.1) is 6.92 Å². The maximum Gasteiger partial charge on any atom is 0.246 e. The van der Waals surface area contributed by atoms with Crippen LogP contribution in [0.3, 0.4) is 0 Å². The molecule has 0 aliphatic carbocycles. The standard InChI is InChI=1S/C22H28N4O2/c1-15-14-20(10-11-21(15)26-12-4-5-13-26)23-16(2)22(28)25-19-8-6-18(7-9-19)24-17(3)27/h6-11,14,16,23H,4-5,12-13H2,1-3H3,(H,24,27)(H,25,28)/t16-/m1/s1. The van der Waals surface area contributed by atoms with Crippen LogP contribution in [0.15, 0.2) is 42.5 Å². The van der Waals surface area contributed by atoms with Crippen molar-refractivity contribution >= 4 is 34.6 Å². The van der Waals surface area contributed by atoms with Gasteiger partial charge in [0.05, 0.1) is 0 Å². The molecule has 0 saturated carbocycles. The quantitative estimate of drug-likeness (QED) is 0.708. The molecule has 1 atom stereocenters. The minimum atomic E-state index is -0.382. The Morgan fingerprint density at radius 2 is 1.50 bits per heavy atom. The number of carbonyl (C=O) groups excluding carboxylic acids is 2. The Balaban J connectivity index is 1.57. The Hall–Kier alpha value is -3.02. The van der Waals surface area contributed by atoms with E-state index < -0.39 is 0 Å². The third-order valence-corrected chi connectivity index (χ3v) is 4.89. The van der Waals surface area contributed by atoms with Crippen LogP contribution in [-0.4, -0.2) is 30.9 Å². The average molecular weight is 380 g/mol. The molecule has 2 amide bonds. The van der Waals surface area contributed by atoms with Crippen LogP contribution in [0.25, 0.3) is 0 Å².